The highest BCUT2D eigenvalue weighted by Crippen LogP contribution is 2.20. The van der Waals surface area contributed by atoms with E-state index in [0.717, 1.165) is 15.0 Å². The maximum atomic E-state index is 6.09. The topological polar surface area (TPSA) is 47.9 Å². The molecule has 0 aliphatic heterocycles. The first-order chi connectivity index (χ1) is 8.70. The summed E-state index contributed by atoms with van der Waals surface area (Å²) >= 11 is 8.21. The zero-order chi connectivity index (χ0) is 13.0. The first-order valence-corrected chi connectivity index (χ1v) is 6.76. The van der Waals surface area contributed by atoms with E-state index < -0.39 is 0 Å². The van der Waals surface area contributed by atoms with Crippen molar-refractivity contribution in [2.24, 2.45) is 0 Å². The summed E-state index contributed by atoms with van der Waals surface area (Å²) in [5.74, 6) is 0.658. The zero-order valence-electron chi connectivity index (χ0n) is 9.73. The van der Waals surface area contributed by atoms with Crippen LogP contribution in [0.1, 0.15) is 17.2 Å². The highest BCUT2D eigenvalue weighted by atomic mass is 127. The number of nitrogens with zero attached hydrogens (tertiary/aromatic N) is 3. The maximum absolute atomic E-state index is 6.09. The van der Waals surface area contributed by atoms with Crippen LogP contribution in [-0.4, -0.2) is 22.1 Å². The van der Waals surface area contributed by atoms with E-state index in [4.69, 9.17) is 16.3 Å². The van der Waals surface area contributed by atoms with Gasteiger partial charge in [-0.1, -0.05) is 17.7 Å². The van der Waals surface area contributed by atoms with Gasteiger partial charge in [0.2, 0.25) is 0 Å². The number of halogens is 2. The molecule has 2 heterocycles. The van der Waals surface area contributed by atoms with Crippen LogP contribution < -0.4 is 0 Å². The Morgan fingerprint density at radius 2 is 2.17 bits per heavy atom. The van der Waals surface area contributed by atoms with Crippen molar-refractivity contribution in [1.29, 1.82) is 0 Å². The predicted molar refractivity (Wildman–Crippen MR) is 77.5 cm³/mol. The fourth-order valence-electron chi connectivity index (χ4n) is 1.49. The normalized spacial score (nSPS) is 10.6. The fraction of sp³-hybridized carbons (Fsp3) is 0.250. The Morgan fingerprint density at radius 3 is 2.83 bits per heavy atom. The second-order valence-corrected chi connectivity index (χ2v) is 5.06. The summed E-state index contributed by atoms with van der Waals surface area (Å²) < 4.78 is 5.93. The summed E-state index contributed by atoms with van der Waals surface area (Å²) in [5, 5.41) is 0.462. The SMILES string of the molecule is COCc1nc(Cc2ccccn2)nc(Cl)c1I. The molecule has 2 aromatic rings. The molecule has 94 valence electrons. The third-order valence-electron chi connectivity index (χ3n) is 2.27. The molecule has 0 fully saturated rings. The van der Waals surface area contributed by atoms with Crippen LogP contribution in [-0.2, 0) is 17.8 Å². The lowest BCUT2D eigenvalue weighted by atomic mass is 10.2. The molecule has 0 aliphatic carbocycles. The lowest BCUT2D eigenvalue weighted by Gasteiger charge is -2.07. The van der Waals surface area contributed by atoms with E-state index in [0.29, 0.717) is 24.0 Å². The molecule has 0 spiro atoms. The highest BCUT2D eigenvalue weighted by Gasteiger charge is 2.11. The average molecular weight is 376 g/mol. The fourth-order valence-corrected chi connectivity index (χ4v) is 2.09. The van der Waals surface area contributed by atoms with Crippen molar-refractivity contribution in [3.05, 3.63) is 50.3 Å². The average Bonchev–Trinajstić information content (AvgIpc) is 2.37. The molecule has 18 heavy (non-hydrogen) atoms. The van der Waals surface area contributed by atoms with E-state index in [2.05, 4.69) is 37.5 Å². The van der Waals surface area contributed by atoms with Crippen molar-refractivity contribution in [2.75, 3.05) is 7.11 Å². The zero-order valence-corrected chi connectivity index (χ0v) is 12.6. The Labute approximate surface area is 124 Å². The molecule has 2 aromatic heterocycles. The minimum atomic E-state index is 0.426. The van der Waals surface area contributed by atoms with Crippen LogP contribution in [0.4, 0.5) is 0 Å². The van der Waals surface area contributed by atoms with Crippen LogP contribution >= 0.6 is 34.2 Å². The van der Waals surface area contributed by atoms with Gasteiger partial charge in [-0.05, 0) is 34.7 Å². The van der Waals surface area contributed by atoms with Crippen molar-refractivity contribution in [3.8, 4) is 0 Å². The van der Waals surface area contributed by atoms with Gasteiger partial charge in [0.1, 0.15) is 11.0 Å². The smallest absolute Gasteiger partial charge is 0.146 e. The van der Waals surface area contributed by atoms with Gasteiger partial charge in [0.15, 0.2) is 0 Å². The molecular weight excluding hydrogens is 365 g/mol. The number of rotatable bonds is 4. The number of methoxy groups -OCH3 is 1. The van der Waals surface area contributed by atoms with E-state index in [9.17, 15) is 0 Å². The van der Waals surface area contributed by atoms with E-state index in [1.165, 1.54) is 0 Å². The molecule has 0 N–H and O–H groups in total. The minimum Gasteiger partial charge on any atom is -0.378 e. The Bertz CT molecular complexity index is 536. The highest BCUT2D eigenvalue weighted by molar-refractivity contribution is 14.1. The largest absolute Gasteiger partial charge is 0.378 e. The minimum absolute atomic E-state index is 0.426. The van der Waals surface area contributed by atoms with Gasteiger partial charge in [0.25, 0.3) is 0 Å². The Hall–Kier alpha value is -0.790. The van der Waals surface area contributed by atoms with Crippen LogP contribution in [0.15, 0.2) is 24.4 Å². The molecule has 0 bridgehead atoms. The molecule has 0 radical (unpaired) electrons. The summed E-state index contributed by atoms with van der Waals surface area (Å²) in [6.45, 7) is 0.426. The second kappa shape index (κ2) is 6.40. The first-order valence-electron chi connectivity index (χ1n) is 5.30. The van der Waals surface area contributed by atoms with Gasteiger partial charge in [-0.2, -0.15) is 0 Å². The molecule has 0 aromatic carbocycles. The molecule has 0 aliphatic rings. The summed E-state index contributed by atoms with van der Waals surface area (Å²) in [5.41, 5.74) is 1.72. The van der Waals surface area contributed by atoms with Gasteiger partial charge >= 0.3 is 0 Å². The van der Waals surface area contributed by atoms with Gasteiger partial charge in [-0.15, -0.1) is 0 Å². The summed E-state index contributed by atoms with van der Waals surface area (Å²) in [6, 6.07) is 5.75. The molecule has 0 saturated carbocycles. The van der Waals surface area contributed by atoms with Crippen molar-refractivity contribution in [2.45, 2.75) is 13.0 Å². The molecule has 6 heteroatoms. The van der Waals surface area contributed by atoms with Gasteiger partial charge in [-0.3, -0.25) is 4.98 Å². The van der Waals surface area contributed by atoms with Gasteiger partial charge in [0, 0.05) is 19.0 Å². The molecule has 0 unspecified atom stereocenters. The molecule has 0 saturated heterocycles. The van der Waals surface area contributed by atoms with E-state index in [1.807, 2.05) is 18.2 Å². The number of hydrogen-bond donors (Lipinski definition) is 0. The van der Waals surface area contributed by atoms with Gasteiger partial charge in [-0.25, -0.2) is 9.97 Å². The van der Waals surface area contributed by atoms with Crippen LogP contribution in [0.25, 0.3) is 0 Å². The Kier molecular flexibility index (Phi) is 4.85. The van der Waals surface area contributed by atoms with E-state index in [1.54, 1.807) is 13.3 Å². The monoisotopic (exact) mass is 375 g/mol. The molecule has 4 nitrogen and oxygen atoms in total. The number of ether oxygens (including phenoxy) is 1. The van der Waals surface area contributed by atoms with Crippen LogP contribution in [0.2, 0.25) is 5.15 Å². The lowest BCUT2D eigenvalue weighted by Crippen LogP contribution is -2.06. The first kappa shape index (κ1) is 13.6. The Morgan fingerprint density at radius 1 is 1.33 bits per heavy atom. The third kappa shape index (κ3) is 3.37. The number of aromatic nitrogens is 3. The van der Waals surface area contributed by atoms with E-state index in [-0.39, 0.29) is 0 Å². The van der Waals surface area contributed by atoms with Crippen LogP contribution in [0.3, 0.4) is 0 Å². The van der Waals surface area contributed by atoms with Crippen LogP contribution in [0, 0.1) is 3.57 Å². The predicted octanol–water partition coefficient (Wildman–Crippen LogP) is 2.87. The number of pyridine rings is 1. The van der Waals surface area contributed by atoms with Crippen molar-refractivity contribution >= 4 is 34.2 Å². The van der Waals surface area contributed by atoms with Gasteiger partial charge in [0.05, 0.1) is 22.3 Å². The second-order valence-electron chi connectivity index (χ2n) is 3.62. The standard InChI is InChI=1S/C12H11ClIN3O/c1-18-7-9-11(14)12(13)17-10(16-9)6-8-4-2-3-5-15-8/h2-5H,6-7H2,1H3. The maximum Gasteiger partial charge on any atom is 0.146 e. The molecule has 2 rings (SSSR count). The van der Waals surface area contributed by atoms with Crippen molar-refractivity contribution in [3.63, 3.8) is 0 Å². The molecular formula is C12H11ClIN3O. The molecule has 0 atom stereocenters. The summed E-state index contributed by atoms with van der Waals surface area (Å²) in [4.78, 5) is 13.0. The Balaban J connectivity index is 2.28. The van der Waals surface area contributed by atoms with Crippen molar-refractivity contribution in [1.82, 2.24) is 15.0 Å². The lowest BCUT2D eigenvalue weighted by molar-refractivity contribution is 0.180. The number of hydrogen-bond acceptors (Lipinski definition) is 4. The summed E-state index contributed by atoms with van der Waals surface area (Å²) in [7, 11) is 1.63. The van der Waals surface area contributed by atoms with E-state index >= 15 is 0 Å². The third-order valence-corrected chi connectivity index (χ3v) is 4.00. The quantitative estimate of drug-likeness (QED) is 0.609. The van der Waals surface area contributed by atoms with Gasteiger partial charge < -0.3 is 4.74 Å². The van der Waals surface area contributed by atoms with Crippen molar-refractivity contribution < 1.29 is 4.74 Å². The summed E-state index contributed by atoms with van der Waals surface area (Å²) in [6.07, 6.45) is 2.31. The molecule has 0 amide bonds. The van der Waals surface area contributed by atoms with Crippen LogP contribution in [0.5, 0.6) is 0 Å².